The molecule has 104 valence electrons. The zero-order valence-electron chi connectivity index (χ0n) is 10.9. The van der Waals surface area contributed by atoms with Gasteiger partial charge in [-0.3, -0.25) is 4.79 Å². The molecular formula is C13H17ClN2O3. The monoisotopic (exact) mass is 284 g/mol. The standard InChI is InChI=1S/C13H16N2O3.ClH/c1-8(13(17)18-2)15-12(16)9-3-4-10-6-14-7-11(10)5-9;/h3-5,8,14H,6-7H2,1-2H3,(H,15,16);1H/t8-;/m0./s1. The Morgan fingerprint density at radius 3 is 2.68 bits per heavy atom. The van der Waals surface area contributed by atoms with Crippen molar-refractivity contribution >= 4 is 24.3 Å². The maximum Gasteiger partial charge on any atom is 0.328 e. The lowest BCUT2D eigenvalue weighted by molar-refractivity contribution is -0.142. The molecule has 1 aromatic carbocycles. The van der Waals surface area contributed by atoms with Crippen LogP contribution in [-0.2, 0) is 22.6 Å². The predicted octanol–water partition coefficient (Wildman–Crippen LogP) is 1.00. The third kappa shape index (κ3) is 3.45. The molecule has 1 aromatic rings. The van der Waals surface area contributed by atoms with Crippen molar-refractivity contribution in [2.45, 2.75) is 26.1 Å². The summed E-state index contributed by atoms with van der Waals surface area (Å²) >= 11 is 0. The van der Waals surface area contributed by atoms with Crippen molar-refractivity contribution in [3.63, 3.8) is 0 Å². The summed E-state index contributed by atoms with van der Waals surface area (Å²) in [6.45, 7) is 3.22. The first-order valence-electron chi connectivity index (χ1n) is 5.83. The van der Waals surface area contributed by atoms with Gasteiger partial charge in [0.15, 0.2) is 0 Å². The summed E-state index contributed by atoms with van der Waals surface area (Å²) in [4.78, 5) is 23.2. The number of fused-ring (bicyclic) bond motifs is 1. The average Bonchev–Trinajstić information content (AvgIpc) is 2.84. The van der Waals surface area contributed by atoms with Crippen molar-refractivity contribution in [1.29, 1.82) is 0 Å². The second kappa shape index (κ2) is 6.54. The lowest BCUT2D eigenvalue weighted by Gasteiger charge is -2.12. The van der Waals surface area contributed by atoms with Gasteiger partial charge in [0.05, 0.1) is 7.11 Å². The number of rotatable bonds is 3. The Morgan fingerprint density at radius 1 is 1.32 bits per heavy atom. The van der Waals surface area contributed by atoms with Gasteiger partial charge in [-0.15, -0.1) is 12.4 Å². The van der Waals surface area contributed by atoms with Gasteiger partial charge in [-0.25, -0.2) is 4.79 Å². The molecule has 2 rings (SSSR count). The Labute approximate surface area is 118 Å². The first-order chi connectivity index (χ1) is 8.61. The fraction of sp³-hybridized carbons (Fsp3) is 0.385. The Morgan fingerprint density at radius 2 is 2.00 bits per heavy atom. The van der Waals surface area contributed by atoms with Crippen LogP contribution in [0.3, 0.4) is 0 Å². The molecule has 0 saturated carbocycles. The number of halogens is 1. The highest BCUT2D eigenvalue weighted by atomic mass is 35.5. The van der Waals surface area contributed by atoms with Gasteiger partial charge in [0.1, 0.15) is 6.04 Å². The van der Waals surface area contributed by atoms with E-state index < -0.39 is 12.0 Å². The predicted molar refractivity (Wildman–Crippen MR) is 73.2 cm³/mol. The molecule has 2 N–H and O–H groups in total. The topological polar surface area (TPSA) is 67.4 Å². The van der Waals surface area contributed by atoms with Crippen molar-refractivity contribution in [2.75, 3.05) is 7.11 Å². The van der Waals surface area contributed by atoms with E-state index >= 15 is 0 Å². The SMILES string of the molecule is COC(=O)[C@H](C)NC(=O)c1ccc2c(c1)CNC2.Cl. The fourth-order valence-electron chi connectivity index (χ4n) is 1.95. The normalized spacial score (nSPS) is 14.0. The van der Waals surface area contributed by atoms with Gasteiger partial charge in [-0.2, -0.15) is 0 Å². The number of ether oxygens (including phenoxy) is 1. The molecule has 1 aliphatic heterocycles. The van der Waals surface area contributed by atoms with E-state index in [1.807, 2.05) is 12.1 Å². The maximum absolute atomic E-state index is 11.9. The van der Waals surface area contributed by atoms with Gasteiger partial charge in [0.25, 0.3) is 5.91 Å². The van der Waals surface area contributed by atoms with Crippen LogP contribution in [0.15, 0.2) is 18.2 Å². The number of amides is 1. The van der Waals surface area contributed by atoms with Gasteiger partial charge in [0.2, 0.25) is 0 Å². The molecule has 0 unspecified atom stereocenters. The molecule has 0 bridgehead atoms. The zero-order chi connectivity index (χ0) is 13.1. The number of esters is 1. The van der Waals surface area contributed by atoms with E-state index in [0.29, 0.717) is 5.56 Å². The highest BCUT2D eigenvalue weighted by molar-refractivity contribution is 5.96. The first kappa shape index (κ1) is 15.5. The van der Waals surface area contributed by atoms with Crippen molar-refractivity contribution in [2.24, 2.45) is 0 Å². The Balaban J connectivity index is 0.00000180. The molecule has 1 atom stereocenters. The summed E-state index contributed by atoms with van der Waals surface area (Å²) in [6, 6.07) is 4.92. The Kier molecular flexibility index (Phi) is 5.32. The van der Waals surface area contributed by atoms with E-state index in [4.69, 9.17) is 0 Å². The average molecular weight is 285 g/mol. The quantitative estimate of drug-likeness (QED) is 0.813. The van der Waals surface area contributed by atoms with Gasteiger partial charge in [-0.1, -0.05) is 6.07 Å². The van der Waals surface area contributed by atoms with Gasteiger partial charge in [0, 0.05) is 18.7 Å². The summed E-state index contributed by atoms with van der Waals surface area (Å²) in [5.74, 6) is -0.714. The minimum atomic E-state index is -0.645. The largest absolute Gasteiger partial charge is 0.467 e. The van der Waals surface area contributed by atoms with Crippen LogP contribution in [0.2, 0.25) is 0 Å². The molecule has 0 spiro atoms. The lowest BCUT2D eigenvalue weighted by Crippen LogP contribution is -2.39. The van der Waals surface area contributed by atoms with Crippen LogP contribution < -0.4 is 10.6 Å². The second-order valence-electron chi connectivity index (χ2n) is 4.31. The van der Waals surface area contributed by atoms with Crippen LogP contribution in [0, 0.1) is 0 Å². The maximum atomic E-state index is 11.9. The van der Waals surface area contributed by atoms with E-state index in [-0.39, 0.29) is 18.3 Å². The summed E-state index contributed by atoms with van der Waals surface area (Å²) < 4.78 is 4.56. The van der Waals surface area contributed by atoms with Crippen molar-refractivity contribution in [3.05, 3.63) is 34.9 Å². The van der Waals surface area contributed by atoms with Crippen LogP contribution >= 0.6 is 12.4 Å². The smallest absolute Gasteiger partial charge is 0.328 e. The third-order valence-corrected chi connectivity index (χ3v) is 3.00. The number of methoxy groups -OCH3 is 1. The number of hydrogen-bond donors (Lipinski definition) is 2. The Bertz CT molecular complexity index is 491. The molecule has 1 aliphatic rings. The molecule has 6 heteroatoms. The van der Waals surface area contributed by atoms with Crippen molar-refractivity contribution in [3.8, 4) is 0 Å². The van der Waals surface area contributed by atoms with Crippen LogP contribution in [0.1, 0.15) is 28.4 Å². The summed E-state index contributed by atoms with van der Waals surface area (Å²) in [6.07, 6.45) is 0. The summed E-state index contributed by atoms with van der Waals surface area (Å²) in [5.41, 5.74) is 2.91. The molecule has 1 amide bonds. The molecule has 0 radical (unpaired) electrons. The van der Waals surface area contributed by atoms with Crippen molar-refractivity contribution in [1.82, 2.24) is 10.6 Å². The van der Waals surface area contributed by atoms with Crippen LogP contribution in [-0.4, -0.2) is 25.0 Å². The minimum Gasteiger partial charge on any atom is -0.467 e. The minimum absolute atomic E-state index is 0. The Hall–Kier alpha value is -1.59. The van der Waals surface area contributed by atoms with Crippen molar-refractivity contribution < 1.29 is 14.3 Å². The van der Waals surface area contributed by atoms with Crippen LogP contribution in [0.25, 0.3) is 0 Å². The first-order valence-corrected chi connectivity index (χ1v) is 5.83. The van der Waals surface area contributed by atoms with E-state index in [2.05, 4.69) is 15.4 Å². The van der Waals surface area contributed by atoms with Gasteiger partial charge >= 0.3 is 5.97 Å². The van der Waals surface area contributed by atoms with Gasteiger partial charge in [-0.05, 0) is 30.2 Å². The third-order valence-electron chi connectivity index (χ3n) is 3.00. The molecule has 5 nitrogen and oxygen atoms in total. The zero-order valence-corrected chi connectivity index (χ0v) is 11.7. The molecule has 0 saturated heterocycles. The van der Waals surface area contributed by atoms with E-state index in [0.717, 1.165) is 18.7 Å². The summed E-state index contributed by atoms with van der Waals surface area (Å²) in [7, 11) is 1.30. The molecular weight excluding hydrogens is 268 g/mol. The van der Waals surface area contributed by atoms with Gasteiger partial charge < -0.3 is 15.4 Å². The van der Waals surface area contributed by atoms with E-state index in [9.17, 15) is 9.59 Å². The number of benzene rings is 1. The molecule has 19 heavy (non-hydrogen) atoms. The molecule has 0 aromatic heterocycles. The van der Waals surface area contributed by atoms with E-state index in [1.54, 1.807) is 13.0 Å². The highest BCUT2D eigenvalue weighted by Gasteiger charge is 2.18. The number of nitrogens with one attached hydrogen (secondary N) is 2. The number of carbonyl (C=O) groups is 2. The molecule has 1 heterocycles. The van der Waals surface area contributed by atoms with Crippen LogP contribution in [0.4, 0.5) is 0 Å². The number of hydrogen-bond acceptors (Lipinski definition) is 4. The molecule has 0 fully saturated rings. The lowest BCUT2D eigenvalue weighted by atomic mass is 10.1. The van der Waals surface area contributed by atoms with E-state index in [1.165, 1.54) is 12.7 Å². The highest BCUT2D eigenvalue weighted by Crippen LogP contribution is 2.17. The summed E-state index contributed by atoms with van der Waals surface area (Å²) in [5, 5.41) is 5.82. The fourth-order valence-corrected chi connectivity index (χ4v) is 1.95. The second-order valence-corrected chi connectivity index (χ2v) is 4.31. The van der Waals surface area contributed by atoms with Crippen LogP contribution in [0.5, 0.6) is 0 Å². The molecule has 0 aliphatic carbocycles. The number of carbonyl (C=O) groups excluding carboxylic acids is 2.